The first-order valence-electron chi connectivity index (χ1n) is 11.6. The summed E-state index contributed by atoms with van der Waals surface area (Å²) in [5.74, 6) is 1.75. The Morgan fingerprint density at radius 2 is 2.00 bits per heavy atom. The molecule has 2 saturated heterocycles. The Kier molecular flexibility index (Phi) is 7.72. The fraction of sp³-hybridized carbons (Fsp3) is 0.583. The minimum atomic E-state index is -0.766. The highest BCUT2D eigenvalue weighted by molar-refractivity contribution is 5.36. The molecule has 2 fully saturated rings. The predicted molar refractivity (Wildman–Crippen MR) is 122 cm³/mol. The topological polar surface area (TPSA) is 73.8 Å². The van der Waals surface area contributed by atoms with E-state index in [1.54, 1.807) is 18.6 Å². The molecule has 2 aliphatic rings. The molecule has 7 heteroatoms. The lowest BCUT2D eigenvalue weighted by Gasteiger charge is -2.39. The van der Waals surface area contributed by atoms with Crippen LogP contribution in [0.1, 0.15) is 37.7 Å². The first kappa shape index (κ1) is 22.0. The summed E-state index contributed by atoms with van der Waals surface area (Å²) in [6.07, 6.45) is 10.8. The van der Waals surface area contributed by atoms with Gasteiger partial charge in [-0.1, -0.05) is 18.6 Å². The molecule has 2 aliphatic heterocycles. The molecule has 0 radical (unpaired) electrons. The first-order chi connectivity index (χ1) is 15.2. The number of hydrogen-bond donors (Lipinski definition) is 2. The standard InChI is InChI=1S/C24H35N5O2/c30-24(8-5-13-29(20-24)23-18-25-9-10-27-23)19-26-17-21-6-4-7-22(16-21)31-15-14-28-11-2-1-3-12-28/h4,6-7,9-10,16,18,26,30H,1-3,5,8,11-15,17,19-20H2/t24-/m0/s1. The molecule has 0 bridgehead atoms. The Morgan fingerprint density at radius 1 is 1.10 bits per heavy atom. The number of nitrogens with one attached hydrogen (secondary N) is 1. The van der Waals surface area contributed by atoms with E-state index < -0.39 is 5.60 Å². The lowest BCUT2D eigenvalue weighted by molar-refractivity contribution is 0.0258. The molecule has 0 saturated carbocycles. The molecule has 0 amide bonds. The minimum Gasteiger partial charge on any atom is -0.492 e. The van der Waals surface area contributed by atoms with E-state index in [9.17, 15) is 5.11 Å². The summed E-state index contributed by atoms with van der Waals surface area (Å²) in [6.45, 7) is 6.85. The van der Waals surface area contributed by atoms with Gasteiger partial charge in [0, 0.05) is 45.1 Å². The third-order valence-electron chi connectivity index (χ3n) is 6.24. The number of rotatable bonds is 9. The number of aliphatic hydroxyl groups is 1. The van der Waals surface area contributed by atoms with Gasteiger partial charge >= 0.3 is 0 Å². The zero-order valence-corrected chi connectivity index (χ0v) is 18.4. The van der Waals surface area contributed by atoms with Crippen molar-refractivity contribution in [3.8, 4) is 5.75 Å². The quantitative estimate of drug-likeness (QED) is 0.639. The number of piperidine rings is 2. The van der Waals surface area contributed by atoms with Crippen molar-refractivity contribution in [2.75, 3.05) is 50.8 Å². The molecule has 0 unspecified atom stereocenters. The van der Waals surface area contributed by atoms with E-state index in [-0.39, 0.29) is 0 Å². The number of ether oxygens (including phenoxy) is 1. The molecule has 168 valence electrons. The van der Waals surface area contributed by atoms with E-state index in [0.717, 1.165) is 44.1 Å². The van der Waals surface area contributed by atoms with E-state index in [4.69, 9.17) is 4.74 Å². The molecule has 1 aromatic heterocycles. The number of anilines is 1. The van der Waals surface area contributed by atoms with E-state index in [1.165, 1.54) is 37.9 Å². The van der Waals surface area contributed by atoms with Crippen molar-refractivity contribution in [2.45, 2.75) is 44.2 Å². The molecule has 0 aliphatic carbocycles. The maximum Gasteiger partial charge on any atom is 0.147 e. The molecule has 4 rings (SSSR count). The Hall–Kier alpha value is -2.22. The predicted octanol–water partition coefficient (Wildman–Crippen LogP) is 2.46. The van der Waals surface area contributed by atoms with Crippen molar-refractivity contribution in [1.82, 2.24) is 20.2 Å². The molecule has 3 heterocycles. The van der Waals surface area contributed by atoms with Gasteiger partial charge in [0.1, 0.15) is 18.2 Å². The second kappa shape index (κ2) is 10.9. The van der Waals surface area contributed by atoms with Gasteiger partial charge in [0.2, 0.25) is 0 Å². The van der Waals surface area contributed by atoms with Crippen molar-refractivity contribution in [3.63, 3.8) is 0 Å². The lowest BCUT2D eigenvalue weighted by atomic mass is 9.92. The van der Waals surface area contributed by atoms with Gasteiger partial charge in [-0.25, -0.2) is 4.98 Å². The summed E-state index contributed by atoms with van der Waals surface area (Å²) >= 11 is 0. The van der Waals surface area contributed by atoms with Gasteiger partial charge in [-0.15, -0.1) is 0 Å². The normalized spacial score (nSPS) is 22.4. The van der Waals surface area contributed by atoms with E-state index in [2.05, 4.69) is 37.2 Å². The Balaban J connectivity index is 1.22. The van der Waals surface area contributed by atoms with Crippen LogP contribution in [0.4, 0.5) is 5.82 Å². The summed E-state index contributed by atoms with van der Waals surface area (Å²) in [4.78, 5) is 13.1. The van der Waals surface area contributed by atoms with Crippen LogP contribution in [0, 0.1) is 0 Å². The Morgan fingerprint density at radius 3 is 2.84 bits per heavy atom. The fourth-order valence-corrected chi connectivity index (χ4v) is 4.57. The average molecular weight is 426 g/mol. The number of β-amino-alcohol motifs (C(OH)–C–C–N with tert-alkyl or cyclic N) is 1. The van der Waals surface area contributed by atoms with Gasteiger partial charge in [-0.3, -0.25) is 9.88 Å². The Bertz CT molecular complexity index is 800. The Labute approximate surface area is 185 Å². The maximum atomic E-state index is 11.1. The minimum absolute atomic E-state index is 0.545. The summed E-state index contributed by atoms with van der Waals surface area (Å²) in [5, 5.41) is 14.5. The van der Waals surface area contributed by atoms with Crippen molar-refractivity contribution in [3.05, 3.63) is 48.4 Å². The highest BCUT2D eigenvalue weighted by Gasteiger charge is 2.33. The average Bonchev–Trinajstić information content (AvgIpc) is 2.81. The highest BCUT2D eigenvalue weighted by atomic mass is 16.5. The van der Waals surface area contributed by atoms with Crippen molar-refractivity contribution in [2.24, 2.45) is 0 Å². The van der Waals surface area contributed by atoms with Gasteiger partial charge < -0.3 is 20.1 Å². The van der Waals surface area contributed by atoms with Gasteiger partial charge in [-0.2, -0.15) is 0 Å². The molecule has 31 heavy (non-hydrogen) atoms. The lowest BCUT2D eigenvalue weighted by Crippen LogP contribution is -2.53. The van der Waals surface area contributed by atoms with Crippen LogP contribution in [-0.2, 0) is 6.54 Å². The van der Waals surface area contributed by atoms with E-state index in [0.29, 0.717) is 19.6 Å². The SMILES string of the molecule is O[C@]1(CNCc2cccc(OCCN3CCCCC3)c2)CCCN(c2cnccn2)C1. The van der Waals surface area contributed by atoms with Crippen LogP contribution in [0.15, 0.2) is 42.9 Å². The van der Waals surface area contributed by atoms with Crippen LogP contribution < -0.4 is 15.0 Å². The van der Waals surface area contributed by atoms with Gasteiger partial charge in [0.25, 0.3) is 0 Å². The van der Waals surface area contributed by atoms with Crippen molar-refractivity contribution < 1.29 is 9.84 Å². The molecule has 2 N–H and O–H groups in total. The number of nitrogens with zero attached hydrogens (tertiary/aromatic N) is 4. The van der Waals surface area contributed by atoms with Crippen LogP contribution >= 0.6 is 0 Å². The second-order valence-electron chi connectivity index (χ2n) is 8.81. The van der Waals surface area contributed by atoms with Gasteiger partial charge in [0.15, 0.2) is 0 Å². The molecule has 1 aromatic carbocycles. The van der Waals surface area contributed by atoms with E-state index in [1.807, 2.05) is 12.1 Å². The van der Waals surface area contributed by atoms with Crippen molar-refractivity contribution in [1.29, 1.82) is 0 Å². The first-order valence-corrected chi connectivity index (χ1v) is 11.6. The second-order valence-corrected chi connectivity index (χ2v) is 8.81. The third-order valence-corrected chi connectivity index (χ3v) is 6.24. The summed E-state index contributed by atoms with van der Waals surface area (Å²) in [7, 11) is 0. The summed E-state index contributed by atoms with van der Waals surface area (Å²) < 4.78 is 5.99. The highest BCUT2D eigenvalue weighted by Crippen LogP contribution is 2.24. The summed E-state index contributed by atoms with van der Waals surface area (Å²) in [5.41, 5.74) is 0.402. The molecule has 1 atom stereocenters. The van der Waals surface area contributed by atoms with Crippen LogP contribution in [0.5, 0.6) is 5.75 Å². The third kappa shape index (κ3) is 6.63. The molecule has 0 spiro atoms. The molecular weight excluding hydrogens is 390 g/mol. The monoisotopic (exact) mass is 425 g/mol. The molecule has 7 nitrogen and oxygen atoms in total. The fourth-order valence-electron chi connectivity index (χ4n) is 4.57. The number of aromatic nitrogens is 2. The maximum absolute atomic E-state index is 11.1. The zero-order chi connectivity index (χ0) is 21.4. The number of likely N-dealkylation sites (tertiary alicyclic amines) is 1. The van der Waals surface area contributed by atoms with Crippen LogP contribution in [0.25, 0.3) is 0 Å². The molecular formula is C24H35N5O2. The van der Waals surface area contributed by atoms with Crippen molar-refractivity contribution >= 4 is 5.82 Å². The van der Waals surface area contributed by atoms with Crippen LogP contribution in [0.3, 0.4) is 0 Å². The molecule has 2 aromatic rings. The zero-order valence-electron chi connectivity index (χ0n) is 18.4. The largest absolute Gasteiger partial charge is 0.492 e. The van der Waals surface area contributed by atoms with Crippen LogP contribution in [0.2, 0.25) is 0 Å². The smallest absolute Gasteiger partial charge is 0.147 e. The number of benzene rings is 1. The van der Waals surface area contributed by atoms with Gasteiger partial charge in [0.05, 0.1) is 11.8 Å². The van der Waals surface area contributed by atoms with Crippen LogP contribution in [-0.4, -0.2) is 71.5 Å². The summed E-state index contributed by atoms with van der Waals surface area (Å²) in [6, 6.07) is 8.26. The number of hydrogen-bond acceptors (Lipinski definition) is 7. The van der Waals surface area contributed by atoms with E-state index >= 15 is 0 Å². The van der Waals surface area contributed by atoms with Gasteiger partial charge in [-0.05, 0) is 56.5 Å².